The number of carbonyl (C=O) groups is 1. The van der Waals surface area contributed by atoms with Gasteiger partial charge in [0.2, 0.25) is 0 Å². The van der Waals surface area contributed by atoms with Crippen LogP contribution >= 0.6 is 0 Å². The van der Waals surface area contributed by atoms with Gasteiger partial charge in [-0.25, -0.2) is 0 Å². The van der Waals surface area contributed by atoms with Crippen LogP contribution in [-0.2, 0) is 4.79 Å². The predicted octanol–water partition coefficient (Wildman–Crippen LogP) is 2.29. The maximum atomic E-state index is 11.1. The molecule has 0 spiro atoms. The molecule has 1 N–H and O–H groups in total. The van der Waals surface area contributed by atoms with Crippen molar-refractivity contribution >= 4 is 5.97 Å². The molecule has 0 heterocycles. The third kappa shape index (κ3) is 0.970. The molecule has 1 atom stereocenters. The van der Waals surface area contributed by atoms with Gasteiger partial charge in [-0.2, -0.15) is 0 Å². The molecule has 0 aromatic rings. The lowest BCUT2D eigenvalue weighted by Crippen LogP contribution is -2.41. The summed E-state index contributed by atoms with van der Waals surface area (Å²) in [5.74, 6) is 0.400. The zero-order valence-electron chi connectivity index (χ0n) is 7.55. The zero-order valence-corrected chi connectivity index (χ0v) is 7.55. The van der Waals surface area contributed by atoms with Crippen molar-refractivity contribution in [2.24, 2.45) is 17.3 Å². The molecule has 2 heteroatoms. The van der Waals surface area contributed by atoms with Gasteiger partial charge in [-0.3, -0.25) is 4.79 Å². The number of aliphatic carboxylic acids is 1. The molecule has 0 amide bonds. The van der Waals surface area contributed by atoms with Crippen molar-refractivity contribution in [1.29, 1.82) is 0 Å². The Hall–Kier alpha value is -0.530. The molecule has 0 bridgehead atoms. The lowest BCUT2D eigenvalue weighted by molar-refractivity contribution is -0.155. The van der Waals surface area contributed by atoms with Gasteiger partial charge in [0.05, 0.1) is 5.41 Å². The number of hydrogen-bond donors (Lipinski definition) is 1. The Morgan fingerprint density at radius 1 is 1.25 bits per heavy atom. The van der Waals surface area contributed by atoms with Crippen LogP contribution in [-0.4, -0.2) is 11.1 Å². The quantitative estimate of drug-likeness (QED) is 0.702. The van der Waals surface area contributed by atoms with E-state index in [1.165, 1.54) is 6.42 Å². The van der Waals surface area contributed by atoms with Crippen molar-refractivity contribution in [2.75, 3.05) is 0 Å². The highest BCUT2D eigenvalue weighted by atomic mass is 16.4. The van der Waals surface area contributed by atoms with Crippen LogP contribution in [0.1, 0.15) is 39.0 Å². The smallest absolute Gasteiger partial charge is 0.309 e. The molecule has 0 aliphatic heterocycles. The summed E-state index contributed by atoms with van der Waals surface area (Å²) in [6, 6.07) is 0. The first-order valence-corrected chi connectivity index (χ1v) is 4.89. The summed E-state index contributed by atoms with van der Waals surface area (Å²) in [5.41, 5.74) is -0.377. The molecule has 0 saturated heterocycles. The third-order valence-electron chi connectivity index (χ3n) is 3.84. The van der Waals surface area contributed by atoms with Gasteiger partial charge < -0.3 is 5.11 Å². The standard InChI is InChI=1S/C10H16O2/c1-10(9(11)12,8-5-6-8)7-3-2-4-7/h7-8H,2-6H2,1H3,(H,11,12). The monoisotopic (exact) mass is 168 g/mol. The van der Waals surface area contributed by atoms with Gasteiger partial charge >= 0.3 is 5.97 Å². The number of carboxylic acids is 1. The Balaban J connectivity index is 2.13. The second-order valence-corrected chi connectivity index (χ2v) is 4.49. The summed E-state index contributed by atoms with van der Waals surface area (Å²) in [7, 11) is 0. The van der Waals surface area contributed by atoms with Crippen LogP contribution in [0.25, 0.3) is 0 Å². The lowest BCUT2D eigenvalue weighted by Gasteiger charge is -2.40. The van der Waals surface area contributed by atoms with Crippen LogP contribution in [0.5, 0.6) is 0 Å². The molecule has 2 aliphatic rings. The van der Waals surface area contributed by atoms with Crippen LogP contribution in [0.3, 0.4) is 0 Å². The summed E-state index contributed by atoms with van der Waals surface area (Å²) in [4.78, 5) is 11.1. The Morgan fingerprint density at radius 3 is 2.00 bits per heavy atom. The van der Waals surface area contributed by atoms with Crippen LogP contribution in [0.15, 0.2) is 0 Å². The first kappa shape index (κ1) is 8.09. The second-order valence-electron chi connectivity index (χ2n) is 4.49. The third-order valence-corrected chi connectivity index (χ3v) is 3.84. The summed E-state index contributed by atoms with van der Waals surface area (Å²) in [6.45, 7) is 1.96. The van der Waals surface area contributed by atoms with Gasteiger partial charge in [0.1, 0.15) is 0 Å². The highest BCUT2D eigenvalue weighted by Crippen LogP contribution is 2.55. The maximum Gasteiger partial charge on any atom is 0.309 e. The number of hydrogen-bond acceptors (Lipinski definition) is 1. The van der Waals surface area contributed by atoms with E-state index in [2.05, 4.69) is 0 Å². The van der Waals surface area contributed by atoms with Gasteiger partial charge in [0.15, 0.2) is 0 Å². The highest BCUT2D eigenvalue weighted by molar-refractivity contribution is 5.75. The normalized spacial score (nSPS) is 29.1. The average Bonchev–Trinajstić information content (AvgIpc) is 2.62. The SMILES string of the molecule is CC(C(=O)O)(C1CCC1)C1CC1. The van der Waals surface area contributed by atoms with E-state index in [0.29, 0.717) is 11.8 Å². The second kappa shape index (κ2) is 2.48. The Morgan fingerprint density at radius 2 is 1.75 bits per heavy atom. The summed E-state index contributed by atoms with van der Waals surface area (Å²) in [6.07, 6.45) is 5.79. The number of rotatable bonds is 3. The molecule has 0 aromatic carbocycles. The first-order chi connectivity index (χ1) is 5.65. The minimum atomic E-state index is -0.560. The molecule has 2 fully saturated rings. The van der Waals surface area contributed by atoms with Gasteiger partial charge in [-0.1, -0.05) is 6.42 Å². The van der Waals surface area contributed by atoms with Gasteiger partial charge in [-0.05, 0) is 44.4 Å². The Labute approximate surface area is 73.0 Å². The van der Waals surface area contributed by atoms with Crippen LogP contribution in [0, 0.1) is 17.3 Å². The van der Waals surface area contributed by atoms with Crippen molar-refractivity contribution in [2.45, 2.75) is 39.0 Å². The average molecular weight is 168 g/mol. The Kier molecular flexibility index (Phi) is 1.67. The van der Waals surface area contributed by atoms with E-state index in [-0.39, 0.29) is 5.41 Å². The molecule has 2 saturated carbocycles. The Bertz CT molecular complexity index is 204. The lowest BCUT2D eigenvalue weighted by atomic mass is 9.63. The van der Waals surface area contributed by atoms with Gasteiger partial charge in [-0.15, -0.1) is 0 Å². The van der Waals surface area contributed by atoms with E-state index in [0.717, 1.165) is 25.7 Å². The molecule has 2 rings (SSSR count). The molecular weight excluding hydrogens is 152 g/mol. The molecule has 2 nitrogen and oxygen atoms in total. The summed E-state index contributed by atoms with van der Waals surface area (Å²) < 4.78 is 0. The van der Waals surface area contributed by atoms with E-state index < -0.39 is 5.97 Å². The molecule has 2 aliphatic carbocycles. The van der Waals surface area contributed by atoms with E-state index in [1.807, 2.05) is 6.92 Å². The topological polar surface area (TPSA) is 37.3 Å². The van der Waals surface area contributed by atoms with Gasteiger partial charge in [0, 0.05) is 0 Å². The summed E-state index contributed by atoms with van der Waals surface area (Å²) >= 11 is 0. The van der Waals surface area contributed by atoms with Crippen molar-refractivity contribution in [1.82, 2.24) is 0 Å². The summed E-state index contributed by atoms with van der Waals surface area (Å²) in [5, 5.41) is 9.18. The predicted molar refractivity (Wildman–Crippen MR) is 45.8 cm³/mol. The zero-order chi connectivity index (χ0) is 8.77. The maximum absolute atomic E-state index is 11.1. The van der Waals surface area contributed by atoms with E-state index in [1.54, 1.807) is 0 Å². The molecule has 68 valence electrons. The fourth-order valence-electron chi connectivity index (χ4n) is 2.37. The van der Waals surface area contributed by atoms with Crippen molar-refractivity contribution in [3.05, 3.63) is 0 Å². The molecule has 1 unspecified atom stereocenters. The van der Waals surface area contributed by atoms with Crippen molar-refractivity contribution < 1.29 is 9.90 Å². The molecule has 0 aromatic heterocycles. The first-order valence-electron chi connectivity index (χ1n) is 4.89. The largest absolute Gasteiger partial charge is 0.481 e. The van der Waals surface area contributed by atoms with E-state index in [9.17, 15) is 9.90 Å². The molecule has 12 heavy (non-hydrogen) atoms. The van der Waals surface area contributed by atoms with Crippen LogP contribution in [0.2, 0.25) is 0 Å². The number of carboxylic acid groups (broad SMARTS) is 1. The van der Waals surface area contributed by atoms with Gasteiger partial charge in [0.25, 0.3) is 0 Å². The van der Waals surface area contributed by atoms with Crippen molar-refractivity contribution in [3.8, 4) is 0 Å². The van der Waals surface area contributed by atoms with Crippen LogP contribution in [0.4, 0.5) is 0 Å². The minimum absolute atomic E-state index is 0.377. The van der Waals surface area contributed by atoms with E-state index >= 15 is 0 Å². The van der Waals surface area contributed by atoms with Crippen LogP contribution < -0.4 is 0 Å². The molecule has 0 radical (unpaired) electrons. The fraction of sp³-hybridized carbons (Fsp3) is 0.900. The van der Waals surface area contributed by atoms with E-state index in [4.69, 9.17) is 0 Å². The van der Waals surface area contributed by atoms with Crippen molar-refractivity contribution in [3.63, 3.8) is 0 Å². The fourth-order valence-corrected chi connectivity index (χ4v) is 2.37. The minimum Gasteiger partial charge on any atom is -0.481 e. The highest BCUT2D eigenvalue weighted by Gasteiger charge is 2.53. The molecular formula is C10H16O2.